The molecule has 1 unspecified atom stereocenters. The molecule has 0 spiro atoms. The zero-order valence-corrected chi connectivity index (χ0v) is 15.3. The fraction of sp³-hybridized carbons (Fsp3) is 0.222. The van der Waals surface area contributed by atoms with E-state index in [0.717, 1.165) is 29.4 Å². The van der Waals surface area contributed by atoms with Crippen molar-refractivity contribution in [2.24, 2.45) is 0 Å². The van der Waals surface area contributed by atoms with E-state index in [-0.39, 0.29) is 0 Å². The molecule has 0 aliphatic rings. The van der Waals surface area contributed by atoms with Gasteiger partial charge in [0.25, 0.3) is 0 Å². The Labute approximate surface area is 151 Å². The molecule has 3 rings (SSSR count). The van der Waals surface area contributed by atoms with Gasteiger partial charge in [0.2, 0.25) is 4.77 Å². The van der Waals surface area contributed by atoms with Gasteiger partial charge < -0.3 is 4.90 Å². The molecule has 0 fully saturated rings. The van der Waals surface area contributed by atoms with Gasteiger partial charge in [-0.3, -0.25) is 4.57 Å². The summed E-state index contributed by atoms with van der Waals surface area (Å²) < 4.78 is 4.69. The van der Waals surface area contributed by atoms with Crippen LogP contribution in [0.4, 0.5) is 0 Å². The number of nitrogens with zero attached hydrogens (tertiary/aromatic N) is 3. The second kappa shape index (κ2) is 7.70. The molecule has 24 heavy (non-hydrogen) atoms. The maximum atomic E-state index is 5.65. The molecule has 0 amide bonds. The highest BCUT2D eigenvalue weighted by molar-refractivity contribution is 7.71. The Morgan fingerprint density at radius 2 is 2.08 bits per heavy atom. The Hall–Kier alpha value is -2.02. The van der Waals surface area contributed by atoms with Gasteiger partial charge in [-0.2, -0.15) is 16.0 Å². The predicted octanol–water partition coefficient (Wildman–Crippen LogP) is 3.00. The predicted molar refractivity (Wildman–Crippen MR) is 102 cm³/mol. The molecule has 1 N–H and O–H groups in total. The normalized spacial score (nSPS) is 12.2. The lowest BCUT2D eigenvalue weighted by Crippen LogP contribution is -3.06. The van der Waals surface area contributed by atoms with Crippen LogP contribution in [0.5, 0.6) is 0 Å². The number of quaternary nitrogens is 1. The van der Waals surface area contributed by atoms with Crippen molar-refractivity contribution in [3.63, 3.8) is 0 Å². The largest absolute Gasteiger partial charge is 0.315 e. The van der Waals surface area contributed by atoms with Gasteiger partial charge in [-0.1, -0.05) is 36.4 Å². The smallest absolute Gasteiger partial charge is 0.203 e. The van der Waals surface area contributed by atoms with Crippen LogP contribution in [0.25, 0.3) is 11.4 Å². The van der Waals surface area contributed by atoms with Gasteiger partial charge >= 0.3 is 0 Å². The van der Waals surface area contributed by atoms with Crippen LogP contribution < -0.4 is 4.90 Å². The highest BCUT2D eigenvalue weighted by atomic mass is 32.1. The third-order valence-electron chi connectivity index (χ3n) is 3.77. The van der Waals surface area contributed by atoms with Crippen LogP contribution in [0.15, 0.2) is 59.8 Å². The van der Waals surface area contributed by atoms with Crippen molar-refractivity contribution in [3.8, 4) is 11.4 Å². The van der Waals surface area contributed by atoms with Crippen LogP contribution >= 0.6 is 23.6 Å². The first kappa shape index (κ1) is 16.8. The monoisotopic (exact) mass is 357 g/mol. The SMILES string of the molecule is C=CCn1c(-c2ccccc2)nn(C[NH+](C)Cc2ccsc2)c1=S. The van der Waals surface area contributed by atoms with E-state index in [9.17, 15) is 0 Å². The summed E-state index contributed by atoms with van der Waals surface area (Å²) in [5.41, 5.74) is 2.41. The number of thiophene rings is 1. The van der Waals surface area contributed by atoms with E-state index in [1.807, 2.05) is 33.5 Å². The van der Waals surface area contributed by atoms with Crippen molar-refractivity contribution in [3.05, 3.63) is 70.1 Å². The number of aromatic nitrogens is 3. The first-order valence-corrected chi connectivity index (χ1v) is 9.20. The summed E-state index contributed by atoms with van der Waals surface area (Å²) in [6.45, 7) is 6.20. The van der Waals surface area contributed by atoms with E-state index < -0.39 is 0 Å². The average Bonchev–Trinajstić information content (AvgIpc) is 3.19. The minimum absolute atomic E-state index is 0.659. The van der Waals surface area contributed by atoms with Gasteiger partial charge in [0.15, 0.2) is 12.5 Å². The Morgan fingerprint density at radius 3 is 2.75 bits per heavy atom. The lowest BCUT2D eigenvalue weighted by atomic mass is 10.2. The third kappa shape index (κ3) is 3.72. The van der Waals surface area contributed by atoms with Gasteiger partial charge in [0.1, 0.15) is 6.54 Å². The summed E-state index contributed by atoms with van der Waals surface area (Å²) in [7, 11) is 2.16. The number of nitrogens with one attached hydrogen (secondary N) is 1. The van der Waals surface area contributed by atoms with Crippen molar-refractivity contribution in [2.45, 2.75) is 19.8 Å². The van der Waals surface area contributed by atoms with Crippen LogP contribution in [0, 0.1) is 4.77 Å². The van der Waals surface area contributed by atoms with Crippen molar-refractivity contribution in [1.82, 2.24) is 14.3 Å². The summed E-state index contributed by atoms with van der Waals surface area (Å²) in [6.07, 6.45) is 1.86. The van der Waals surface area contributed by atoms with E-state index in [4.69, 9.17) is 17.3 Å². The lowest BCUT2D eigenvalue weighted by Gasteiger charge is -2.12. The molecule has 1 atom stereocenters. The summed E-state index contributed by atoms with van der Waals surface area (Å²) >= 11 is 7.38. The number of allylic oxidation sites excluding steroid dienone is 1. The molecule has 0 bridgehead atoms. The zero-order valence-electron chi connectivity index (χ0n) is 13.7. The summed E-state index contributed by atoms with van der Waals surface area (Å²) in [5.74, 6) is 0.892. The summed E-state index contributed by atoms with van der Waals surface area (Å²) in [5, 5.41) is 9.08. The van der Waals surface area contributed by atoms with Crippen LogP contribution in [-0.2, 0) is 19.8 Å². The van der Waals surface area contributed by atoms with Crippen LogP contribution in [0.2, 0.25) is 0 Å². The lowest BCUT2D eigenvalue weighted by molar-refractivity contribution is -0.917. The first-order chi connectivity index (χ1) is 11.7. The number of hydrogen-bond acceptors (Lipinski definition) is 3. The van der Waals surface area contributed by atoms with Gasteiger partial charge in [0, 0.05) is 17.7 Å². The Morgan fingerprint density at radius 1 is 1.29 bits per heavy atom. The molecule has 0 aliphatic heterocycles. The maximum absolute atomic E-state index is 5.65. The van der Waals surface area contributed by atoms with Crippen LogP contribution in [-0.4, -0.2) is 21.4 Å². The molecule has 0 aliphatic carbocycles. The highest BCUT2D eigenvalue weighted by Crippen LogP contribution is 2.17. The number of hydrogen-bond donors (Lipinski definition) is 1. The quantitative estimate of drug-likeness (QED) is 0.520. The maximum Gasteiger partial charge on any atom is 0.203 e. The fourth-order valence-corrected chi connectivity index (χ4v) is 3.63. The molecular formula is C18H21N4S2+. The van der Waals surface area contributed by atoms with Crippen molar-refractivity contribution < 1.29 is 4.90 Å². The molecule has 124 valence electrons. The zero-order chi connectivity index (χ0) is 16.9. The van der Waals surface area contributed by atoms with Crippen molar-refractivity contribution >= 4 is 23.6 Å². The average molecular weight is 358 g/mol. The minimum atomic E-state index is 0.659. The topological polar surface area (TPSA) is 27.2 Å². The minimum Gasteiger partial charge on any atom is -0.315 e. The standard InChI is InChI=1S/C18H20N4S2/c1-3-10-21-17(16-7-5-4-6-8-16)19-22(18(21)23)14-20(2)12-15-9-11-24-13-15/h3-9,11,13H,1,10,12,14H2,2H3/p+1. The molecule has 0 saturated heterocycles. The van der Waals surface area contributed by atoms with Gasteiger partial charge in [-0.05, 0) is 29.0 Å². The van der Waals surface area contributed by atoms with E-state index in [1.165, 1.54) is 10.5 Å². The summed E-state index contributed by atoms with van der Waals surface area (Å²) in [4.78, 5) is 1.34. The summed E-state index contributed by atoms with van der Waals surface area (Å²) in [6, 6.07) is 12.3. The van der Waals surface area contributed by atoms with Crippen LogP contribution in [0.3, 0.4) is 0 Å². The Balaban J connectivity index is 1.88. The van der Waals surface area contributed by atoms with E-state index in [2.05, 4.69) is 42.6 Å². The second-order valence-electron chi connectivity index (χ2n) is 5.79. The third-order valence-corrected chi connectivity index (χ3v) is 4.94. The van der Waals surface area contributed by atoms with Gasteiger partial charge in [-0.15, -0.1) is 11.7 Å². The second-order valence-corrected chi connectivity index (χ2v) is 6.94. The van der Waals surface area contributed by atoms with Gasteiger partial charge in [-0.25, -0.2) is 0 Å². The molecule has 1 aromatic carbocycles. The Kier molecular flexibility index (Phi) is 5.40. The van der Waals surface area contributed by atoms with E-state index >= 15 is 0 Å². The molecule has 4 nitrogen and oxygen atoms in total. The fourth-order valence-electron chi connectivity index (χ4n) is 2.69. The van der Waals surface area contributed by atoms with Crippen molar-refractivity contribution in [1.29, 1.82) is 0 Å². The molecule has 3 aromatic rings. The highest BCUT2D eigenvalue weighted by Gasteiger charge is 2.14. The number of benzene rings is 1. The molecule has 6 heteroatoms. The molecule has 0 radical (unpaired) electrons. The molecular weight excluding hydrogens is 336 g/mol. The molecule has 2 heterocycles. The molecule has 2 aromatic heterocycles. The number of rotatable bonds is 7. The van der Waals surface area contributed by atoms with E-state index in [0.29, 0.717) is 6.54 Å². The first-order valence-electron chi connectivity index (χ1n) is 7.85. The Bertz CT molecular complexity index is 847. The van der Waals surface area contributed by atoms with Crippen LogP contribution in [0.1, 0.15) is 5.56 Å². The van der Waals surface area contributed by atoms with Gasteiger partial charge in [0.05, 0.1) is 7.05 Å². The molecule has 0 saturated carbocycles. The van der Waals surface area contributed by atoms with Crippen molar-refractivity contribution in [2.75, 3.05) is 7.05 Å². The van der Waals surface area contributed by atoms with E-state index in [1.54, 1.807) is 11.3 Å².